The van der Waals surface area contributed by atoms with E-state index < -0.39 is 35.3 Å². The van der Waals surface area contributed by atoms with E-state index in [1.54, 1.807) is 0 Å². The van der Waals surface area contributed by atoms with Crippen LogP contribution in [0.5, 0.6) is 0 Å². The molecule has 1 saturated heterocycles. The van der Waals surface area contributed by atoms with Crippen LogP contribution in [-0.2, 0) is 28.8 Å². The van der Waals surface area contributed by atoms with Crippen LogP contribution in [0.2, 0.25) is 0 Å². The minimum Gasteiger partial charge on any atom is -0.477 e. The third-order valence-corrected chi connectivity index (χ3v) is 6.63. The number of ether oxygens (including phenoxy) is 1. The molecule has 0 bridgehead atoms. The van der Waals surface area contributed by atoms with E-state index >= 15 is 0 Å². The van der Waals surface area contributed by atoms with Gasteiger partial charge in [-0.05, 0) is 6.42 Å². The number of nitrogens with two attached hydrogens (primary N) is 1. The Bertz CT molecular complexity index is 1070. The van der Waals surface area contributed by atoms with Crippen LogP contribution < -0.4 is 16.4 Å². The summed E-state index contributed by atoms with van der Waals surface area (Å²) < 4.78 is 4.68. The minimum absolute atomic E-state index is 0.125. The number of carbonyl (C=O) groups is 5. The average Bonchev–Trinajstić information content (AvgIpc) is 3.26. The van der Waals surface area contributed by atoms with Crippen molar-refractivity contribution >= 4 is 64.2 Å². The molecule has 0 radical (unpaired) electrons. The van der Waals surface area contributed by atoms with Crippen LogP contribution in [0.3, 0.4) is 0 Å². The lowest BCUT2D eigenvalue weighted by Gasteiger charge is -2.49. The van der Waals surface area contributed by atoms with E-state index in [1.807, 2.05) is 6.92 Å². The van der Waals surface area contributed by atoms with Crippen molar-refractivity contribution in [3.05, 3.63) is 22.3 Å². The summed E-state index contributed by atoms with van der Waals surface area (Å²) in [5, 5.41) is 19.4. The van der Waals surface area contributed by atoms with Gasteiger partial charge in [0, 0.05) is 16.7 Å². The third kappa shape index (κ3) is 5.28. The first kappa shape index (κ1) is 25.0. The summed E-state index contributed by atoms with van der Waals surface area (Å²) in [4.78, 5) is 69.3. The highest BCUT2D eigenvalue weighted by Gasteiger charge is 2.54. The van der Waals surface area contributed by atoms with E-state index in [2.05, 4.69) is 25.5 Å². The van der Waals surface area contributed by atoms with Crippen LogP contribution in [0.15, 0.2) is 21.8 Å². The molecule has 0 aliphatic carbocycles. The first-order valence-corrected chi connectivity index (χ1v) is 11.7. The molecule has 3 heterocycles. The molecule has 2 atom stereocenters. The second-order valence-corrected chi connectivity index (χ2v) is 8.76. The van der Waals surface area contributed by atoms with E-state index in [0.717, 1.165) is 16.2 Å². The fourth-order valence-electron chi connectivity index (χ4n) is 3.07. The number of anilines is 1. The van der Waals surface area contributed by atoms with Gasteiger partial charge in [0.05, 0.1) is 0 Å². The maximum Gasteiger partial charge on any atom is 0.404 e. The van der Waals surface area contributed by atoms with Crippen LogP contribution in [0.1, 0.15) is 19.0 Å². The van der Waals surface area contributed by atoms with Gasteiger partial charge in [0.2, 0.25) is 6.41 Å². The van der Waals surface area contributed by atoms with Gasteiger partial charge in [-0.1, -0.05) is 12.1 Å². The second kappa shape index (κ2) is 11.0. The van der Waals surface area contributed by atoms with Crippen molar-refractivity contribution < 1.29 is 38.7 Å². The number of thiazole rings is 1. The summed E-state index contributed by atoms with van der Waals surface area (Å²) in [6.45, 7) is 1.71. The standard InChI is InChI=1S/C18H20N6O8S2/c1-2-3-32-23-10(9-6-34-18(21-9)20-7-25)13(26)22-11-14(27)24-12(16(28)29)8(4-31-17(19)30)5-33-15(11)24/h6-7,11,15H,2-5H2,1H3,(H2,19,30)(H,22,26)(H,28,29)(H,20,21,25)/b23-10+/t11?,15-/m1/s1. The fourth-order valence-corrected chi connectivity index (χ4v) is 5.05. The van der Waals surface area contributed by atoms with Crippen molar-refractivity contribution in [3.63, 3.8) is 0 Å². The summed E-state index contributed by atoms with van der Waals surface area (Å²) in [5.74, 6) is -2.65. The number of aliphatic carboxylic acids is 1. The van der Waals surface area contributed by atoms with Crippen LogP contribution in [0.4, 0.5) is 9.93 Å². The summed E-state index contributed by atoms with van der Waals surface area (Å²) in [6.07, 6.45) is -0.00496. The molecule has 1 fully saturated rings. The molecular weight excluding hydrogens is 492 g/mol. The number of hydrogen-bond donors (Lipinski definition) is 4. The molecule has 1 aromatic rings. The van der Waals surface area contributed by atoms with Gasteiger partial charge in [0.25, 0.3) is 11.8 Å². The summed E-state index contributed by atoms with van der Waals surface area (Å²) in [7, 11) is 0. The lowest BCUT2D eigenvalue weighted by molar-refractivity contribution is -0.150. The lowest BCUT2D eigenvalue weighted by Crippen LogP contribution is -2.71. The number of nitrogens with zero attached hydrogens (tertiary/aromatic N) is 3. The number of carboxylic acid groups (broad SMARTS) is 1. The van der Waals surface area contributed by atoms with Crippen LogP contribution in [-0.4, -0.2) is 81.4 Å². The number of oxime groups is 1. The molecule has 0 saturated carbocycles. The van der Waals surface area contributed by atoms with E-state index in [4.69, 9.17) is 10.6 Å². The molecule has 0 aromatic carbocycles. The lowest BCUT2D eigenvalue weighted by atomic mass is 10.0. The minimum atomic E-state index is -1.38. The van der Waals surface area contributed by atoms with Crippen molar-refractivity contribution in [1.82, 2.24) is 15.2 Å². The summed E-state index contributed by atoms with van der Waals surface area (Å²) in [6, 6.07) is -1.03. The van der Waals surface area contributed by atoms with E-state index in [-0.39, 0.29) is 46.8 Å². The number of aromatic nitrogens is 1. The molecule has 2 aliphatic heterocycles. The number of nitrogens with one attached hydrogen (secondary N) is 2. The van der Waals surface area contributed by atoms with Gasteiger partial charge in [-0.15, -0.1) is 23.1 Å². The van der Waals surface area contributed by atoms with E-state index in [0.29, 0.717) is 12.8 Å². The second-order valence-electron chi connectivity index (χ2n) is 6.80. The smallest absolute Gasteiger partial charge is 0.404 e. The zero-order chi connectivity index (χ0) is 24.8. The largest absolute Gasteiger partial charge is 0.477 e. The van der Waals surface area contributed by atoms with Gasteiger partial charge in [-0.25, -0.2) is 14.6 Å². The fraction of sp³-hybridized carbons (Fsp3) is 0.389. The summed E-state index contributed by atoms with van der Waals surface area (Å²) in [5.41, 5.74) is 4.75. The SMILES string of the molecule is CCCO/N=C(/C(=O)NC1C(=O)N2C(C(=O)O)=C(COC(N)=O)CS[C@H]12)c1csc(NC=O)n1. The highest BCUT2D eigenvalue weighted by atomic mass is 32.2. The monoisotopic (exact) mass is 512 g/mol. The number of thioether (sulfide) groups is 1. The van der Waals surface area contributed by atoms with Crippen LogP contribution in [0.25, 0.3) is 0 Å². The number of carboxylic acids is 1. The molecular formula is C18H20N6O8S2. The number of hydrogen-bond acceptors (Lipinski definition) is 11. The third-order valence-electron chi connectivity index (χ3n) is 4.52. The summed E-state index contributed by atoms with van der Waals surface area (Å²) >= 11 is 2.25. The Morgan fingerprint density at radius 3 is 2.85 bits per heavy atom. The molecule has 0 spiro atoms. The molecule has 3 rings (SSSR count). The Balaban J connectivity index is 1.78. The topological polar surface area (TPSA) is 203 Å². The Labute approximate surface area is 200 Å². The highest BCUT2D eigenvalue weighted by molar-refractivity contribution is 8.00. The Kier molecular flexibility index (Phi) is 8.06. The zero-order valence-electron chi connectivity index (χ0n) is 17.7. The molecule has 1 aromatic heterocycles. The molecule has 16 heteroatoms. The van der Waals surface area contributed by atoms with Crippen LogP contribution >= 0.6 is 23.1 Å². The zero-order valence-corrected chi connectivity index (χ0v) is 19.3. The first-order valence-electron chi connectivity index (χ1n) is 9.77. The number of β-lactam (4-membered cyclic amide) rings is 1. The normalized spacial score (nSPS) is 19.6. The average molecular weight is 513 g/mol. The molecule has 4 amide bonds. The molecule has 1 unspecified atom stereocenters. The number of rotatable bonds is 11. The van der Waals surface area contributed by atoms with Crippen LogP contribution in [0, 0.1) is 0 Å². The Morgan fingerprint density at radius 1 is 1.44 bits per heavy atom. The Hall–Kier alpha value is -3.66. The Morgan fingerprint density at radius 2 is 2.21 bits per heavy atom. The van der Waals surface area contributed by atoms with Gasteiger partial charge in [-0.2, -0.15) is 0 Å². The molecule has 2 aliphatic rings. The van der Waals surface area contributed by atoms with Gasteiger partial charge < -0.3 is 31.0 Å². The number of primary amides is 1. The van der Waals surface area contributed by atoms with Crippen molar-refractivity contribution in [1.29, 1.82) is 0 Å². The first-order chi connectivity index (χ1) is 16.3. The quantitative estimate of drug-likeness (QED) is 0.1000. The molecule has 182 valence electrons. The van der Waals surface area contributed by atoms with E-state index in [1.165, 1.54) is 17.1 Å². The highest BCUT2D eigenvalue weighted by Crippen LogP contribution is 2.40. The molecule has 34 heavy (non-hydrogen) atoms. The van der Waals surface area contributed by atoms with Crippen molar-refractivity contribution in [2.24, 2.45) is 10.9 Å². The van der Waals surface area contributed by atoms with Crippen molar-refractivity contribution in [2.45, 2.75) is 24.8 Å². The van der Waals surface area contributed by atoms with Crippen molar-refractivity contribution in [3.8, 4) is 0 Å². The number of carbonyl (C=O) groups excluding carboxylic acids is 4. The number of fused-ring (bicyclic) bond motifs is 1. The maximum absolute atomic E-state index is 13.0. The predicted molar refractivity (Wildman–Crippen MR) is 120 cm³/mol. The van der Waals surface area contributed by atoms with Gasteiger partial charge >= 0.3 is 12.1 Å². The van der Waals surface area contributed by atoms with Gasteiger partial charge in [-0.3, -0.25) is 19.3 Å². The number of amides is 4. The maximum atomic E-state index is 13.0. The van der Waals surface area contributed by atoms with Crippen molar-refractivity contribution in [2.75, 3.05) is 24.3 Å². The van der Waals surface area contributed by atoms with Gasteiger partial charge in [0.15, 0.2) is 10.8 Å². The van der Waals surface area contributed by atoms with Gasteiger partial charge in [0.1, 0.15) is 36.0 Å². The van der Waals surface area contributed by atoms with E-state index in [9.17, 15) is 29.1 Å². The molecule has 5 N–H and O–H groups in total. The predicted octanol–water partition coefficient (Wildman–Crippen LogP) is -0.324. The molecule has 14 nitrogen and oxygen atoms in total.